The van der Waals surface area contributed by atoms with Gasteiger partial charge in [0.2, 0.25) is 0 Å². The van der Waals surface area contributed by atoms with E-state index in [0.29, 0.717) is 18.4 Å². The molecule has 5 aliphatic rings. The van der Waals surface area contributed by atoms with Gasteiger partial charge in [0.1, 0.15) is 6.61 Å². The summed E-state index contributed by atoms with van der Waals surface area (Å²) in [6, 6.07) is 10.0. The molecule has 1 aromatic carbocycles. The maximum absolute atomic E-state index is 14.3. The molecule has 0 aliphatic heterocycles. The molecule has 42 heavy (non-hydrogen) atoms. The van der Waals surface area contributed by atoms with Crippen LogP contribution in [-0.4, -0.2) is 28.1 Å². The van der Waals surface area contributed by atoms with E-state index < -0.39 is 5.41 Å². The molecule has 5 heteroatoms. The topological polar surface area (TPSA) is 79.1 Å². The lowest BCUT2D eigenvalue weighted by atomic mass is 9.31. The summed E-state index contributed by atoms with van der Waals surface area (Å²) in [4.78, 5) is 14.3. The Hall–Kier alpha value is -1.88. The Labute approximate surface area is 253 Å². The molecule has 6 rings (SSSR count). The zero-order valence-electron chi connectivity index (χ0n) is 27.2. The van der Waals surface area contributed by atoms with Gasteiger partial charge in [-0.25, -0.2) is 0 Å². The van der Waals surface area contributed by atoms with Crippen molar-refractivity contribution in [2.45, 2.75) is 125 Å². The summed E-state index contributed by atoms with van der Waals surface area (Å²) in [5.74, 6) is 0.941. The highest BCUT2D eigenvalue weighted by molar-refractivity contribution is 5.90. The quantitative estimate of drug-likeness (QED) is 0.215. The number of rotatable bonds is 3. The normalized spacial score (nSPS) is 46.5. The van der Waals surface area contributed by atoms with Crippen molar-refractivity contribution in [1.29, 1.82) is 0 Å². The Morgan fingerprint density at radius 2 is 1.57 bits per heavy atom. The highest BCUT2D eigenvalue weighted by atomic mass is 16.5. The fourth-order valence-corrected chi connectivity index (χ4v) is 12.1. The lowest BCUT2D eigenvalue weighted by Gasteiger charge is -2.73. The maximum Gasteiger partial charge on any atom is 0.312 e. The molecular weight excluding hydrogens is 522 g/mol. The van der Waals surface area contributed by atoms with Crippen molar-refractivity contribution in [2.24, 2.45) is 61.3 Å². The second kappa shape index (κ2) is 9.81. The summed E-state index contributed by atoms with van der Waals surface area (Å²) in [5.41, 5.74) is 1.47. The monoisotopic (exact) mass is 577 g/mol. The highest BCUT2D eigenvalue weighted by Crippen LogP contribution is 2.76. The van der Waals surface area contributed by atoms with Crippen LogP contribution in [0.3, 0.4) is 0 Å². The minimum Gasteiger partial charge on any atom is -0.460 e. The zero-order chi connectivity index (χ0) is 30.3. The van der Waals surface area contributed by atoms with Crippen molar-refractivity contribution in [2.75, 3.05) is 0 Å². The molecule has 5 fully saturated rings. The number of carbonyl (C=O) groups excluding carboxylic acids is 1. The van der Waals surface area contributed by atoms with Crippen molar-refractivity contribution < 1.29 is 19.8 Å². The number of carbonyl (C=O) groups is 1. The molecular formula is C37H55NO4. The number of benzene rings is 1. The number of hydrogen-bond donors (Lipinski definition) is 2. The predicted molar refractivity (Wildman–Crippen MR) is 166 cm³/mol. The van der Waals surface area contributed by atoms with Gasteiger partial charge in [-0.1, -0.05) is 84.0 Å². The Kier molecular flexibility index (Phi) is 7.04. The summed E-state index contributed by atoms with van der Waals surface area (Å²) >= 11 is 0. The van der Waals surface area contributed by atoms with Crippen molar-refractivity contribution >= 4 is 11.7 Å². The van der Waals surface area contributed by atoms with Crippen LogP contribution < -0.4 is 0 Å². The molecule has 0 amide bonds. The van der Waals surface area contributed by atoms with Crippen LogP contribution in [0.15, 0.2) is 35.5 Å². The molecule has 5 aliphatic carbocycles. The number of fused-ring (bicyclic) bond motifs is 7. The van der Waals surface area contributed by atoms with Crippen molar-refractivity contribution in [3.63, 3.8) is 0 Å². The van der Waals surface area contributed by atoms with Gasteiger partial charge >= 0.3 is 5.97 Å². The first-order valence-corrected chi connectivity index (χ1v) is 16.7. The minimum absolute atomic E-state index is 0.0443. The summed E-state index contributed by atoms with van der Waals surface area (Å²) < 4.78 is 6.16. The molecule has 232 valence electrons. The summed E-state index contributed by atoms with van der Waals surface area (Å²) in [6.07, 6.45) is 9.24. The van der Waals surface area contributed by atoms with Gasteiger partial charge in [0, 0.05) is 5.92 Å². The molecule has 0 heterocycles. The van der Waals surface area contributed by atoms with E-state index in [-0.39, 0.29) is 51.0 Å². The van der Waals surface area contributed by atoms with Crippen LogP contribution >= 0.6 is 0 Å². The fourth-order valence-electron chi connectivity index (χ4n) is 12.1. The highest BCUT2D eigenvalue weighted by Gasteiger charge is 2.72. The number of esters is 1. The number of aliphatic hydroxyl groups is 1. The average Bonchev–Trinajstić information content (AvgIpc) is 2.94. The summed E-state index contributed by atoms with van der Waals surface area (Å²) in [5, 5.41) is 26.0. The predicted octanol–water partition coefficient (Wildman–Crippen LogP) is 8.41. The van der Waals surface area contributed by atoms with Crippen LogP contribution in [0.2, 0.25) is 0 Å². The molecule has 1 aromatic rings. The van der Waals surface area contributed by atoms with Crippen LogP contribution in [0.4, 0.5) is 0 Å². The molecule has 0 bridgehead atoms. The zero-order valence-corrected chi connectivity index (χ0v) is 27.2. The number of oxime groups is 1. The summed E-state index contributed by atoms with van der Waals surface area (Å²) in [7, 11) is 0. The van der Waals surface area contributed by atoms with Gasteiger partial charge < -0.3 is 15.1 Å². The second-order valence-corrected chi connectivity index (χ2v) is 17.3. The van der Waals surface area contributed by atoms with Crippen LogP contribution in [0.1, 0.15) is 118 Å². The van der Waals surface area contributed by atoms with E-state index in [9.17, 15) is 15.1 Å². The van der Waals surface area contributed by atoms with Gasteiger partial charge in [0.05, 0.1) is 17.2 Å². The van der Waals surface area contributed by atoms with Crippen LogP contribution in [-0.2, 0) is 16.1 Å². The Bertz CT molecular complexity index is 1240. The molecule has 0 aromatic heterocycles. The molecule has 0 radical (unpaired) electrons. The smallest absolute Gasteiger partial charge is 0.312 e. The molecule has 5 saturated carbocycles. The first kappa shape index (κ1) is 30.2. The Morgan fingerprint density at radius 3 is 2.26 bits per heavy atom. The third kappa shape index (κ3) is 4.10. The van der Waals surface area contributed by atoms with E-state index >= 15 is 0 Å². The Morgan fingerprint density at radius 1 is 0.881 bits per heavy atom. The van der Waals surface area contributed by atoms with Crippen molar-refractivity contribution in [3.05, 3.63) is 35.9 Å². The minimum atomic E-state index is -0.536. The summed E-state index contributed by atoms with van der Waals surface area (Å²) in [6.45, 7) is 17.1. The largest absolute Gasteiger partial charge is 0.460 e. The SMILES string of the molecule is CC1(C)CC[C@]2(C(=O)OCc3ccccc3)CC[C@]3(C)[C@H](/C(=N/O)C[C@@H]4[C@@]5(C)CC[C@H](O)C(C)(C)[C@@H]5CC[C@]43C)[C@@H]2C1. The third-order valence-electron chi connectivity index (χ3n) is 14.8. The second-order valence-electron chi connectivity index (χ2n) is 17.3. The number of nitrogens with zero attached hydrogens (tertiary/aromatic N) is 1. The van der Waals surface area contributed by atoms with E-state index in [1.807, 2.05) is 30.3 Å². The van der Waals surface area contributed by atoms with E-state index in [2.05, 4.69) is 53.6 Å². The molecule has 2 N–H and O–H groups in total. The van der Waals surface area contributed by atoms with Gasteiger partial charge in [0.25, 0.3) is 0 Å². The van der Waals surface area contributed by atoms with Gasteiger partial charge in [-0.05, 0) is 115 Å². The van der Waals surface area contributed by atoms with Gasteiger partial charge in [-0.15, -0.1) is 0 Å². The van der Waals surface area contributed by atoms with Crippen LogP contribution in [0, 0.1) is 56.2 Å². The molecule has 0 spiro atoms. The van der Waals surface area contributed by atoms with E-state index in [1.54, 1.807) is 0 Å². The van der Waals surface area contributed by atoms with Crippen molar-refractivity contribution in [3.8, 4) is 0 Å². The van der Waals surface area contributed by atoms with Crippen LogP contribution in [0.5, 0.6) is 0 Å². The first-order valence-electron chi connectivity index (χ1n) is 16.7. The third-order valence-corrected chi connectivity index (χ3v) is 14.8. The maximum atomic E-state index is 14.3. The number of hydrogen-bond acceptors (Lipinski definition) is 5. The lowest BCUT2D eigenvalue weighted by molar-refractivity contribution is -0.232. The number of ether oxygens (including phenoxy) is 1. The standard InChI is InChI=1S/C37H55NO4/c1-32(2)17-19-37(31(40)42-23-24-11-9-8-10-12-24)20-18-36(7)30(25(37)22-32)26(38-41)21-28-34(5)15-14-29(39)33(3,4)27(34)13-16-35(28,36)6/h8-12,25,27-30,39,41H,13-23H2,1-7H3/b38-26+/t25-,27-,28+,29-,30-,34-,35+,36+,37-/m0/s1. The lowest BCUT2D eigenvalue weighted by Crippen LogP contribution is -2.69. The number of aliphatic hydroxyl groups excluding tert-OH is 1. The van der Waals surface area contributed by atoms with Gasteiger partial charge in [-0.2, -0.15) is 0 Å². The van der Waals surface area contributed by atoms with E-state index in [0.717, 1.165) is 75.5 Å². The molecule has 9 atom stereocenters. The average molecular weight is 578 g/mol. The van der Waals surface area contributed by atoms with Crippen LogP contribution in [0.25, 0.3) is 0 Å². The van der Waals surface area contributed by atoms with Gasteiger partial charge in [0.15, 0.2) is 0 Å². The Balaban J connectivity index is 1.39. The van der Waals surface area contributed by atoms with Gasteiger partial charge in [-0.3, -0.25) is 4.79 Å². The fraction of sp³-hybridized carbons (Fsp3) is 0.784. The molecule has 0 saturated heterocycles. The first-order chi connectivity index (χ1) is 19.6. The molecule has 0 unspecified atom stereocenters. The van der Waals surface area contributed by atoms with E-state index in [4.69, 9.17) is 4.74 Å². The molecule has 5 nitrogen and oxygen atoms in total. The van der Waals surface area contributed by atoms with Crippen molar-refractivity contribution in [1.82, 2.24) is 0 Å². The van der Waals surface area contributed by atoms with E-state index in [1.165, 1.54) is 0 Å².